The number of carbonyl (C=O) groups is 2. The van der Waals surface area contributed by atoms with Crippen LogP contribution in [-0.4, -0.2) is 41.6 Å². The van der Waals surface area contributed by atoms with Gasteiger partial charge in [-0.15, -0.1) is 0 Å². The van der Waals surface area contributed by atoms with Gasteiger partial charge in [0.15, 0.2) is 0 Å². The lowest BCUT2D eigenvalue weighted by atomic mass is 9.93. The first-order chi connectivity index (χ1) is 12.9. The van der Waals surface area contributed by atoms with Gasteiger partial charge in [0.2, 0.25) is 5.91 Å². The van der Waals surface area contributed by atoms with Crippen LogP contribution in [0.5, 0.6) is 0 Å². The number of rotatable bonds is 8. The van der Waals surface area contributed by atoms with E-state index in [9.17, 15) is 9.59 Å². The summed E-state index contributed by atoms with van der Waals surface area (Å²) >= 11 is 1.94. The largest absolute Gasteiger partial charge is 0.356 e. The van der Waals surface area contributed by atoms with E-state index in [1.165, 1.54) is 22.3 Å². The van der Waals surface area contributed by atoms with Crippen LogP contribution < -0.4 is 16.0 Å². The van der Waals surface area contributed by atoms with Crippen LogP contribution in [-0.2, 0) is 4.79 Å². The second-order valence-corrected chi connectivity index (χ2v) is 9.45. The first kappa shape index (κ1) is 20.3. The predicted octanol–water partition coefficient (Wildman–Crippen LogP) is 3.52. The molecule has 3 N–H and O–H groups in total. The van der Waals surface area contributed by atoms with Crippen LogP contribution in [0.2, 0.25) is 0 Å². The minimum Gasteiger partial charge on any atom is -0.356 e. The topological polar surface area (TPSA) is 70.2 Å². The van der Waals surface area contributed by atoms with E-state index in [2.05, 4.69) is 43.6 Å². The molecule has 0 bridgehead atoms. The van der Waals surface area contributed by atoms with Crippen molar-refractivity contribution in [3.05, 3.63) is 22.3 Å². The third kappa shape index (κ3) is 4.53. The SMILES string of the molecule is CC1=C(C)C(CCNC(=O)CCCC[C@@H]2SC[C@@H]3NC(=O)N[C@@H]32)C(C)=C1C. The van der Waals surface area contributed by atoms with Crippen LogP contribution in [0.1, 0.15) is 59.8 Å². The molecule has 3 aliphatic rings. The van der Waals surface area contributed by atoms with E-state index in [4.69, 9.17) is 0 Å². The highest BCUT2D eigenvalue weighted by Gasteiger charge is 2.42. The van der Waals surface area contributed by atoms with Crippen LogP contribution in [0.15, 0.2) is 22.3 Å². The fourth-order valence-electron chi connectivity index (χ4n) is 4.59. The highest BCUT2D eigenvalue weighted by atomic mass is 32.2. The van der Waals surface area contributed by atoms with Crippen LogP contribution in [0.4, 0.5) is 4.79 Å². The number of unbranched alkanes of at least 4 members (excludes halogenated alkanes) is 1. The van der Waals surface area contributed by atoms with Gasteiger partial charge in [-0.05, 0) is 58.1 Å². The molecular weight excluding hydrogens is 358 g/mol. The Morgan fingerprint density at radius 2 is 1.78 bits per heavy atom. The summed E-state index contributed by atoms with van der Waals surface area (Å²) in [6, 6.07) is 0.522. The summed E-state index contributed by atoms with van der Waals surface area (Å²) < 4.78 is 0. The van der Waals surface area contributed by atoms with Gasteiger partial charge in [0.05, 0.1) is 12.1 Å². The van der Waals surface area contributed by atoms with Gasteiger partial charge in [-0.2, -0.15) is 11.8 Å². The third-order valence-corrected chi connectivity index (χ3v) is 8.14. The number of fused-ring (bicyclic) bond motifs is 1. The second kappa shape index (κ2) is 8.72. The number of amides is 3. The zero-order chi connectivity index (χ0) is 19.6. The number of thioether (sulfide) groups is 1. The molecule has 3 amide bonds. The summed E-state index contributed by atoms with van der Waals surface area (Å²) in [4.78, 5) is 23.5. The van der Waals surface area contributed by atoms with E-state index in [1.807, 2.05) is 11.8 Å². The molecule has 0 aromatic carbocycles. The molecule has 0 aromatic rings. The summed E-state index contributed by atoms with van der Waals surface area (Å²) in [6.07, 6.45) is 4.61. The minimum absolute atomic E-state index is 0.0301. The molecule has 6 heteroatoms. The first-order valence-electron chi connectivity index (χ1n) is 10.2. The van der Waals surface area contributed by atoms with Crippen molar-refractivity contribution in [2.24, 2.45) is 5.92 Å². The van der Waals surface area contributed by atoms with E-state index < -0.39 is 0 Å². The molecule has 5 nitrogen and oxygen atoms in total. The molecule has 150 valence electrons. The van der Waals surface area contributed by atoms with Crippen molar-refractivity contribution in [2.75, 3.05) is 12.3 Å². The van der Waals surface area contributed by atoms with Crippen molar-refractivity contribution >= 4 is 23.7 Å². The molecule has 2 fully saturated rings. The van der Waals surface area contributed by atoms with Crippen LogP contribution in [0, 0.1) is 5.92 Å². The average Bonchev–Trinajstić information content (AvgIpc) is 3.23. The minimum atomic E-state index is -0.0301. The summed E-state index contributed by atoms with van der Waals surface area (Å²) in [6.45, 7) is 9.58. The van der Waals surface area contributed by atoms with Crippen LogP contribution >= 0.6 is 11.8 Å². The lowest BCUT2D eigenvalue weighted by Gasteiger charge is -2.17. The standard InChI is InChI=1S/C21H33N3O2S/c1-12-13(2)15(4)16(14(12)3)9-10-22-19(25)8-6-5-7-18-20-17(11-27-18)23-21(26)24-20/h16-18,20H,5-11H2,1-4H3,(H,22,25)(H2,23,24,26)/t17-,18-,20-/m0/s1. The maximum absolute atomic E-state index is 12.1. The fraction of sp³-hybridized carbons (Fsp3) is 0.714. The van der Waals surface area contributed by atoms with E-state index in [1.54, 1.807) is 0 Å². The van der Waals surface area contributed by atoms with E-state index >= 15 is 0 Å². The van der Waals surface area contributed by atoms with Crippen molar-refractivity contribution in [3.63, 3.8) is 0 Å². The van der Waals surface area contributed by atoms with Crippen molar-refractivity contribution in [3.8, 4) is 0 Å². The molecule has 0 radical (unpaired) electrons. The average molecular weight is 392 g/mol. The second-order valence-electron chi connectivity index (χ2n) is 8.17. The lowest BCUT2D eigenvalue weighted by Crippen LogP contribution is -2.36. The molecule has 0 unspecified atom stereocenters. The van der Waals surface area contributed by atoms with Gasteiger partial charge < -0.3 is 16.0 Å². The summed E-state index contributed by atoms with van der Waals surface area (Å²) in [7, 11) is 0. The van der Waals surface area contributed by atoms with E-state index in [0.29, 0.717) is 17.6 Å². The van der Waals surface area contributed by atoms with Gasteiger partial charge in [0.25, 0.3) is 0 Å². The van der Waals surface area contributed by atoms with E-state index in [-0.39, 0.29) is 24.0 Å². The number of hydrogen-bond donors (Lipinski definition) is 3. The normalized spacial score (nSPS) is 27.9. The Hall–Kier alpha value is -1.43. The zero-order valence-corrected chi connectivity index (χ0v) is 17.8. The Bertz CT molecular complexity index is 646. The number of urea groups is 1. The molecule has 3 rings (SSSR count). The van der Waals surface area contributed by atoms with Gasteiger partial charge in [-0.1, -0.05) is 17.6 Å². The molecule has 27 heavy (non-hydrogen) atoms. The molecule has 3 atom stereocenters. The molecule has 1 aliphatic carbocycles. The Balaban J connectivity index is 1.29. The van der Waals surface area contributed by atoms with Crippen molar-refractivity contribution < 1.29 is 9.59 Å². The van der Waals surface area contributed by atoms with Crippen LogP contribution in [0.25, 0.3) is 0 Å². The molecule has 2 saturated heterocycles. The van der Waals surface area contributed by atoms with E-state index in [0.717, 1.165) is 38.0 Å². The van der Waals surface area contributed by atoms with Crippen molar-refractivity contribution in [1.29, 1.82) is 0 Å². The smallest absolute Gasteiger partial charge is 0.315 e. The zero-order valence-electron chi connectivity index (χ0n) is 17.0. The maximum atomic E-state index is 12.1. The monoisotopic (exact) mass is 391 g/mol. The number of allylic oxidation sites excluding steroid dienone is 4. The van der Waals surface area contributed by atoms with Gasteiger partial charge >= 0.3 is 6.03 Å². The Morgan fingerprint density at radius 3 is 2.48 bits per heavy atom. The highest BCUT2D eigenvalue weighted by Crippen LogP contribution is 2.38. The molecule has 2 heterocycles. The molecule has 2 aliphatic heterocycles. The molecule has 0 spiro atoms. The predicted molar refractivity (Wildman–Crippen MR) is 112 cm³/mol. The number of carbonyl (C=O) groups excluding carboxylic acids is 2. The maximum Gasteiger partial charge on any atom is 0.315 e. The quantitative estimate of drug-likeness (QED) is 0.438. The van der Waals surface area contributed by atoms with Gasteiger partial charge in [0.1, 0.15) is 0 Å². The Kier molecular flexibility index (Phi) is 6.56. The molecular formula is C21H33N3O2S. The first-order valence-corrected chi connectivity index (χ1v) is 11.2. The Morgan fingerprint density at radius 1 is 1.07 bits per heavy atom. The van der Waals surface area contributed by atoms with Crippen LogP contribution in [0.3, 0.4) is 0 Å². The Labute approximate surface area is 167 Å². The lowest BCUT2D eigenvalue weighted by molar-refractivity contribution is -0.121. The van der Waals surface area contributed by atoms with Crippen molar-refractivity contribution in [2.45, 2.75) is 77.1 Å². The molecule has 0 aromatic heterocycles. The number of hydrogen-bond acceptors (Lipinski definition) is 3. The molecule has 0 saturated carbocycles. The van der Waals surface area contributed by atoms with Crippen molar-refractivity contribution in [1.82, 2.24) is 16.0 Å². The van der Waals surface area contributed by atoms with Gasteiger partial charge in [-0.3, -0.25) is 4.79 Å². The number of nitrogens with one attached hydrogen (secondary N) is 3. The fourth-order valence-corrected chi connectivity index (χ4v) is 6.13. The van der Waals surface area contributed by atoms with Gasteiger partial charge in [0, 0.05) is 29.9 Å². The summed E-state index contributed by atoms with van der Waals surface area (Å²) in [5.41, 5.74) is 5.76. The highest BCUT2D eigenvalue weighted by molar-refractivity contribution is 8.00. The summed E-state index contributed by atoms with van der Waals surface area (Å²) in [5.74, 6) is 1.65. The summed E-state index contributed by atoms with van der Waals surface area (Å²) in [5, 5.41) is 9.57. The van der Waals surface area contributed by atoms with Gasteiger partial charge in [-0.25, -0.2) is 4.79 Å². The third-order valence-electron chi connectivity index (χ3n) is 6.63.